The van der Waals surface area contributed by atoms with E-state index < -0.39 is 11.7 Å². The molecule has 0 spiro atoms. The van der Waals surface area contributed by atoms with E-state index in [1.807, 2.05) is 24.3 Å². The molecule has 0 fully saturated rings. The second kappa shape index (κ2) is 9.81. The van der Waals surface area contributed by atoms with Crippen LogP contribution in [0, 0.1) is 0 Å². The predicted octanol–water partition coefficient (Wildman–Crippen LogP) is 4.71. The van der Waals surface area contributed by atoms with Crippen LogP contribution in [0.2, 0.25) is 0 Å². The van der Waals surface area contributed by atoms with Gasteiger partial charge in [0.25, 0.3) is 0 Å². The zero-order chi connectivity index (χ0) is 19.3. The molecule has 1 aromatic heterocycles. The summed E-state index contributed by atoms with van der Waals surface area (Å²) in [4.78, 5) is 7.50. The molecule has 150 valence electrons. The first-order valence-electron chi connectivity index (χ1n) is 8.63. The molecule has 3 aromatic rings. The third-order valence-electron chi connectivity index (χ3n) is 4.24. The Bertz CT molecular complexity index is 884. The number of H-pyrrole nitrogens is 1. The highest BCUT2D eigenvalue weighted by atomic mass is 127. The van der Waals surface area contributed by atoms with Gasteiger partial charge >= 0.3 is 6.18 Å². The number of benzene rings is 2. The van der Waals surface area contributed by atoms with E-state index in [2.05, 4.69) is 26.7 Å². The van der Waals surface area contributed by atoms with Crippen molar-refractivity contribution in [3.05, 3.63) is 71.4 Å². The van der Waals surface area contributed by atoms with Gasteiger partial charge in [0.2, 0.25) is 0 Å². The molecule has 1 heterocycles. The first-order chi connectivity index (χ1) is 13.0. The molecule has 0 radical (unpaired) electrons. The molecule has 0 saturated heterocycles. The predicted molar refractivity (Wildman–Crippen MR) is 117 cm³/mol. The van der Waals surface area contributed by atoms with Gasteiger partial charge in [-0.25, -0.2) is 0 Å². The SMILES string of the molecule is CN=C(NCCc1ccc(C(F)(F)F)cc1)NCc1cc2ccccc2[nH]1.I. The highest BCUT2D eigenvalue weighted by Gasteiger charge is 2.29. The van der Waals surface area contributed by atoms with Crippen LogP contribution in [0.5, 0.6) is 0 Å². The summed E-state index contributed by atoms with van der Waals surface area (Å²) in [5.41, 5.74) is 2.33. The van der Waals surface area contributed by atoms with Crippen molar-refractivity contribution in [2.45, 2.75) is 19.1 Å². The number of nitrogens with zero attached hydrogens (tertiary/aromatic N) is 1. The standard InChI is InChI=1S/C20H21F3N4.HI/c1-24-19(26-13-17-12-15-4-2-3-5-18(15)27-17)25-11-10-14-6-8-16(9-7-14)20(21,22)23;/h2-9,12,27H,10-11,13H2,1H3,(H2,24,25,26);1H. The van der Waals surface area contributed by atoms with Crippen molar-refractivity contribution < 1.29 is 13.2 Å². The lowest BCUT2D eigenvalue weighted by atomic mass is 10.1. The number of fused-ring (bicyclic) bond motifs is 1. The van der Waals surface area contributed by atoms with Crippen LogP contribution in [0.1, 0.15) is 16.8 Å². The molecule has 0 amide bonds. The number of aromatic amines is 1. The maximum absolute atomic E-state index is 12.6. The maximum atomic E-state index is 12.6. The van der Waals surface area contributed by atoms with Crippen LogP contribution in [0.3, 0.4) is 0 Å². The first kappa shape index (κ1) is 22.1. The third kappa shape index (κ3) is 5.88. The molecular weight excluding hydrogens is 480 g/mol. The van der Waals surface area contributed by atoms with Crippen molar-refractivity contribution in [1.82, 2.24) is 15.6 Å². The van der Waals surface area contributed by atoms with Crippen LogP contribution in [-0.2, 0) is 19.1 Å². The van der Waals surface area contributed by atoms with E-state index in [-0.39, 0.29) is 24.0 Å². The van der Waals surface area contributed by atoms with E-state index in [0.29, 0.717) is 25.5 Å². The minimum atomic E-state index is -4.30. The Morgan fingerprint density at radius 3 is 2.39 bits per heavy atom. The second-order valence-corrected chi connectivity index (χ2v) is 6.18. The molecule has 0 bridgehead atoms. The van der Waals surface area contributed by atoms with Crippen molar-refractivity contribution in [1.29, 1.82) is 0 Å². The third-order valence-corrected chi connectivity index (χ3v) is 4.24. The summed E-state index contributed by atoms with van der Waals surface area (Å²) < 4.78 is 37.7. The number of hydrogen-bond donors (Lipinski definition) is 3. The molecule has 3 rings (SSSR count). The summed E-state index contributed by atoms with van der Waals surface area (Å²) in [6, 6.07) is 15.4. The average Bonchev–Trinajstić information content (AvgIpc) is 3.07. The van der Waals surface area contributed by atoms with Crippen LogP contribution in [0.15, 0.2) is 59.6 Å². The molecule has 0 saturated carbocycles. The summed E-state index contributed by atoms with van der Waals surface area (Å²) in [5.74, 6) is 0.639. The molecule has 2 aromatic carbocycles. The van der Waals surface area contributed by atoms with Crippen molar-refractivity contribution in [2.75, 3.05) is 13.6 Å². The van der Waals surface area contributed by atoms with Gasteiger partial charge in [-0.2, -0.15) is 13.2 Å². The Hall–Kier alpha value is -2.23. The van der Waals surface area contributed by atoms with Gasteiger partial charge in [-0.3, -0.25) is 4.99 Å². The molecule has 0 unspecified atom stereocenters. The zero-order valence-corrected chi connectivity index (χ0v) is 17.6. The number of guanidine groups is 1. The molecule has 0 aliphatic rings. The van der Waals surface area contributed by atoms with Gasteiger partial charge < -0.3 is 15.6 Å². The van der Waals surface area contributed by atoms with E-state index in [4.69, 9.17) is 0 Å². The van der Waals surface area contributed by atoms with Gasteiger partial charge in [-0.15, -0.1) is 24.0 Å². The molecule has 0 aliphatic carbocycles. The molecule has 0 aliphatic heterocycles. The van der Waals surface area contributed by atoms with Crippen molar-refractivity contribution in [3.8, 4) is 0 Å². The number of nitrogens with one attached hydrogen (secondary N) is 3. The summed E-state index contributed by atoms with van der Waals surface area (Å²) in [5, 5.41) is 7.54. The monoisotopic (exact) mass is 502 g/mol. The Morgan fingerprint density at radius 2 is 1.75 bits per heavy atom. The average molecular weight is 502 g/mol. The van der Waals surface area contributed by atoms with E-state index in [0.717, 1.165) is 34.3 Å². The number of alkyl halides is 3. The highest BCUT2D eigenvalue weighted by molar-refractivity contribution is 14.0. The molecule has 28 heavy (non-hydrogen) atoms. The van der Waals surface area contributed by atoms with Crippen LogP contribution in [0.4, 0.5) is 13.2 Å². The minimum Gasteiger partial charge on any atom is -0.357 e. The van der Waals surface area contributed by atoms with Gasteiger partial charge in [0.05, 0.1) is 12.1 Å². The van der Waals surface area contributed by atoms with Gasteiger partial charge in [0, 0.05) is 24.8 Å². The van der Waals surface area contributed by atoms with Crippen LogP contribution >= 0.6 is 24.0 Å². The van der Waals surface area contributed by atoms with Gasteiger partial charge in [-0.1, -0.05) is 30.3 Å². The summed E-state index contributed by atoms with van der Waals surface area (Å²) in [7, 11) is 1.68. The van der Waals surface area contributed by atoms with E-state index >= 15 is 0 Å². The normalized spacial score (nSPS) is 11.9. The number of hydrogen-bond acceptors (Lipinski definition) is 1. The number of aliphatic imine (C=N–C) groups is 1. The van der Waals surface area contributed by atoms with Gasteiger partial charge in [0.1, 0.15) is 0 Å². The van der Waals surface area contributed by atoms with Crippen molar-refractivity contribution in [2.24, 2.45) is 4.99 Å². The Balaban J connectivity index is 0.00000280. The van der Waals surface area contributed by atoms with E-state index in [1.54, 1.807) is 7.05 Å². The molecular formula is C20H22F3IN4. The number of rotatable bonds is 5. The largest absolute Gasteiger partial charge is 0.416 e. The van der Waals surface area contributed by atoms with E-state index in [9.17, 15) is 13.2 Å². The lowest BCUT2D eigenvalue weighted by Gasteiger charge is -2.12. The molecule has 4 nitrogen and oxygen atoms in total. The maximum Gasteiger partial charge on any atom is 0.416 e. The van der Waals surface area contributed by atoms with Crippen LogP contribution in [-0.4, -0.2) is 24.5 Å². The smallest absolute Gasteiger partial charge is 0.357 e. The second-order valence-electron chi connectivity index (χ2n) is 6.18. The lowest BCUT2D eigenvalue weighted by Crippen LogP contribution is -2.37. The fraction of sp³-hybridized carbons (Fsp3) is 0.250. The fourth-order valence-corrected chi connectivity index (χ4v) is 2.81. The quantitative estimate of drug-likeness (QED) is 0.269. The minimum absolute atomic E-state index is 0. The first-order valence-corrected chi connectivity index (χ1v) is 8.63. The molecule has 0 atom stereocenters. The summed E-state index contributed by atoms with van der Waals surface area (Å²) in [6.45, 7) is 1.16. The zero-order valence-electron chi connectivity index (χ0n) is 15.3. The number of aromatic nitrogens is 1. The molecule has 8 heteroatoms. The topological polar surface area (TPSA) is 52.2 Å². The van der Waals surface area contributed by atoms with Crippen molar-refractivity contribution >= 4 is 40.8 Å². The Labute approximate surface area is 178 Å². The summed E-state index contributed by atoms with van der Waals surface area (Å²) >= 11 is 0. The fourth-order valence-electron chi connectivity index (χ4n) is 2.81. The lowest BCUT2D eigenvalue weighted by molar-refractivity contribution is -0.137. The Kier molecular flexibility index (Phi) is 7.73. The van der Waals surface area contributed by atoms with Crippen molar-refractivity contribution in [3.63, 3.8) is 0 Å². The molecule has 3 N–H and O–H groups in total. The Morgan fingerprint density at radius 1 is 1.04 bits per heavy atom. The number of para-hydroxylation sites is 1. The van der Waals surface area contributed by atoms with Crippen LogP contribution in [0.25, 0.3) is 10.9 Å². The number of halogens is 4. The van der Waals surface area contributed by atoms with Gasteiger partial charge in [0.15, 0.2) is 5.96 Å². The highest BCUT2D eigenvalue weighted by Crippen LogP contribution is 2.29. The van der Waals surface area contributed by atoms with Crippen LogP contribution < -0.4 is 10.6 Å². The summed E-state index contributed by atoms with van der Waals surface area (Å²) in [6.07, 6.45) is -3.70. The van der Waals surface area contributed by atoms with E-state index in [1.165, 1.54) is 12.1 Å². The van der Waals surface area contributed by atoms with Gasteiger partial charge in [-0.05, 0) is 41.6 Å².